The summed E-state index contributed by atoms with van der Waals surface area (Å²) in [7, 11) is 0. The van der Waals surface area contributed by atoms with E-state index in [0.717, 1.165) is 18.1 Å². The number of ether oxygens (including phenoxy) is 1. The topological polar surface area (TPSA) is 21.3 Å². The van der Waals surface area contributed by atoms with Crippen LogP contribution >= 0.6 is 0 Å². The highest BCUT2D eigenvalue weighted by atomic mass is 16.5. The van der Waals surface area contributed by atoms with Gasteiger partial charge in [0.25, 0.3) is 0 Å². The molecule has 2 aliphatic heterocycles. The molecule has 1 N–H and O–H groups in total. The predicted octanol–water partition coefficient (Wildman–Crippen LogP) is 1.60. The van der Waals surface area contributed by atoms with E-state index < -0.39 is 0 Å². The zero-order chi connectivity index (χ0) is 9.38. The monoisotopic (exact) mass is 189 g/mol. The summed E-state index contributed by atoms with van der Waals surface area (Å²) in [6.07, 6.45) is 2.74. The third-order valence-corrected chi connectivity index (χ3v) is 3.18. The average molecular weight is 189 g/mol. The lowest BCUT2D eigenvalue weighted by atomic mass is 9.94. The van der Waals surface area contributed by atoms with E-state index in [1.807, 2.05) is 6.07 Å². The molecule has 0 radical (unpaired) electrons. The van der Waals surface area contributed by atoms with E-state index in [4.69, 9.17) is 4.74 Å². The molecule has 1 atom stereocenters. The molecule has 3 rings (SSSR count). The Kier molecular flexibility index (Phi) is 1.95. The van der Waals surface area contributed by atoms with Crippen LogP contribution in [0.15, 0.2) is 24.3 Å². The lowest BCUT2D eigenvalue weighted by Gasteiger charge is -2.29. The number of nitrogens with one attached hydrogen (secondary N) is 1. The average Bonchev–Trinajstić information content (AvgIpc) is 2.53. The van der Waals surface area contributed by atoms with E-state index in [1.54, 1.807) is 0 Å². The number of hydrogen-bond donors (Lipinski definition) is 1. The van der Waals surface area contributed by atoms with Gasteiger partial charge in [0.15, 0.2) is 0 Å². The summed E-state index contributed by atoms with van der Waals surface area (Å²) in [5, 5.41) is 3.30. The van der Waals surface area contributed by atoms with Crippen molar-refractivity contribution in [1.29, 1.82) is 0 Å². The second-order valence-corrected chi connectivity index (χ2v) is 4.31. The lowest BCUT2D eigenvalue weighted by molar-refractivity contribution is 0.169. The summed E-state index contributed by atoms with van der Waals surface area (Å²) in [6.45, 7) is 2.35. The molecule has 1 aromatic carbocycles. The molecule has 2 nitrogen and oxygen atoms in total. The number of rotatable bonds is 2. The van der Waals surface area contributed by atoms with Gasteiger partial charge < -0.3 is 10.1 Å². The van der Waals surface area contributed by atoms with Gasteiger partial charge in [0.05, 0.1) is 0 Å². The van der Waals surface area contributed by atoms with E-state index in [2.05, 4.69) is 23.5 Å². The zero-order valence-corrected chi connectivity index (χ0v) is 8.20. The molecular weight excluding hydrogens is 174 g/mol. The van der Waals surface area contributed by atoms with Crippen LogP contribution in [-0.4, -0.2) is 19.2 Å². The maximum absolute atomic E-state index is 5.89. The van der Waals surface area contributed by atoms with Gasteiger partial charge in [0, 0.05) is 6.42 Å². The van der Waals surface area contributed by atoms with Gasteiger partial charge in [0.2, 0.25) is 0 Å². The molecule has 0 amide bonds. The molecule has 0 bridgehead atoms. The van der Waals surface area contributed by atoms with Crippen LogP contribution < -0.4 is 10.1 Å². The first-order valence-electron chi connectivity index (χ1n) is 5.37. The highest BCUT2D eigenvalue weighted by Crippen LogP contribution is 2.31. The Morgan fingerprint density at radius 2 is 2.14 bits per heavy atom. The minimum atomic E-state index is 0.430. The predicted molar refractivity (Wildman–Crippen MR) is 55.5 cm³/mol. The highest BCUT2D eigenvalue weighted by Gasteiger charge is 2.27. The van der Waals surface area contributed by atoms with Crippen molar-refractivity contribution in [1.82, 2.24) is 5.32 Å². The zero-order valence-electron chi connectivity index (χ0n) is 8.20. The number of hydrogen-bond acceptors (Lipinski definition) is 2. The Morgan fingerprint density at radius 1 is 1.29 bits per heavy atom. The standard InChI is InChI=1S/C12H15NO/c1-2-4-12-10(3-1)6-11(14-12)5-9-7-13-8-9/h1-4,9,11,13H,5-8H2. The van der Waals surface area contributed by atoms with E-state index in [9.17, 15) is 0 Å². The van der Waals surface area contributed by atoms with Gasteiger partial charge >= 0.3 is 0 Å². The quantitative estimate of drug-likeness (QED) is 0.763. The number of para-hydroxylation sites is 1. The van der Waals surface area contributed by atoms with E-state index in [1.165, 1.54) is 25.1 Å². The Balaban J connectivity index is 1.66. The molecule has 0 spiro atoms. The molecule has 2 aliphatic rings. The van der Waals surface area contributed by atoms with Gasteiger partial charge in [-0.1, -0.05) is 18.2 Å². The lowest BCUT2D eigenvalue weighted by Crippen LogP contribution is -2.44. The minimum absolute atomic E-state index is 0.430. The minimum Gasteiger partial charge on any atom is -0.490 e. The highest BCUT2D eigenvalue weighted by molar-refractivity contribution is 5.37. The maximum atomic E-state index is 5.89. The van der Waals surface area contributed by atoms with Crippen LogP contribution in [0, 0.1) is 5.92 Å². The molecule has 0 aromatic heterocycles. The summed E-state index contributed by atoms with van der Waals surface area (Å²) in [5.41, 5.74) is 1.38. The smallest absolute Gasteiger partial charge is 0.123 e. The Morgan fingerprint density at radius 3 is 2.86 bits per heavy atom. The van der Waals surface area contributed by atoms with Crippen LogP contribution in [0.3, 0.4) is 0 Å². The van der Waals surface area contributed by atoms with Crippen LogP contribution in [0.2, 0.25) is 0 Å². The van der Waals surface area contributed by atoms with Crippen LogP contribution in [-0.2, 0) is 6.42 Å². The van der Waals surface area contributed by atoms with Crippen molar-refractivity contribution in [3.63, 3.8) is 0 Å². The maximum Gasteiger partial charge on any atom is 0.123 e. The molecule has 0 saturated carbocycles. The second kappa shape index (κ2) is 3.28. The summed E-state index contributed by atoms with van der Waals surface area (Å²) in [6, 6.07) is 8.39. The third-order valence-electron chi connectivity index (χ3n) is 3.18. The van der Waals surface area contributed by atoms with Crippen molar-refractivity contribution in [3.05, 3.63) is 29.8 Å². The van der Waals surface area contributed by atoms with Crippen LogP contribution in [0.4, 0.5) is 0 Å². The SMILES string of the molecule is c1ccc2c(c1)CC(CC1CNC1)O2. The second-order valence-electron chi connectivity index (χ2n) is 4.31. The fourth-order valence-electron chi connectivity index (χ4n) is 2.27. The molecule has 1 saturated heterocycles. The van der Waals surface area contributed by atoms with E-state index >= 15 is 0 Å². The fraction of sp³-hybridized carbons (Fsp3) is 0.500. The van der Waals surface area contributed by atoms with Gasteiger partial charge in [-0.05, 0) is 37.1 Å². The molecule has 1 fully saturated rings. The third kappa shape index (κ3) is 1.40. The van der Waals surface area contributed by atoms with E-state index in [0.29, 0.717) is 6.10 Å². The molecule has 2 heterocycles. The van der Waals surface area contributed by atoms with Crippen LogP contribution in [0.1, 0.15) is 12.0 Å². The first kappa shape index (κ1) is 8.30. The van der Waals surface area contributed by atoms with Gasteiger partial charge in [0.1, 0.15) is 11.9 Å². The van der Waals surface area contributed by atoms with Crippen LogP contribution in [0.25, 0.3) is 0 Å². The van der Waals surface area contributed by atoms with Crippen molar-refractivity contribution in [2.24, 2.45) is 5.92 Å². The van der Waals surface area contributed by atoms with Gasteiger partial charge in [-0.3, -0.25) is 0 Å². The van der Waals surface area contributed by atoms with Gasteiger partial charge in [-0.15, -0.1) is 0 Å². The first-order valence-corrected chi connectivity index (χ1v) is 5.37. The van der Waals surface area contributed by atoms with Crippen molar-refractivity contribution >= 4 is 0 Å². The summed E-state index contributed by atoms with van der Waals surface area (Å²) < 4.78 is 5.89. The molecule has 2 heteroatoms. The fourth-order valence-corrected chi connectivity index (χ4v) is 2.27. The van der Waals surface area contributed by atoms with Crippen molar-refractivity contribution in [3.8, 4) is 5.75 Å². The molecular formula is C12H15NO. The summed E-state index contributed by atoms with van der Waals surface area (Å²) >= 11 is 0. The normalized spacial score (nSPS) is 25.3. The van der Waals surface area contributed by atoms with Crippen molar-refractivity contribution in [2.45, 2.75) is 18.9 Å². The van der Waals surface area contributed by atoms with Gasteiger partial charge in [-0.25, -0.2) is 0 Å². The molecule has 14 heavy (non-hydrogen) atoms. The molecule has 0 aliphatic carbocycles. The first-order chi connectivity index (χ1) is 6.92. The molecule has 74 valence electrons. The Hall–Kier alpha value is -1.02. The number of fused-ring (bicyclic) bond motifs is 1. The largest absolute Gasteiger partial charge is 0.490 e. The van der Waals surface area contributed by atoms with Crippen molar-refractivity contribution in [2.75, 3.05) is 13.1 Å². The summed E-state index contributed by atoms with van der Waals surface area (Å²) in [4.78, 5) is 0. The Bertz CT molecular complexity index is 308. The van der Waals surface area contributed by atoms with E-state index in [-0.39, 0.29) is 0 Å². The molecule has 1 unspecified atom stereocenters. The summed E-state index contributed by atoms with van der Waals surface area (Å²) in [5.74, 6) is 1.94. The van der Waals surface area contributed by atoms with Gasteiger partial charge in [-0.2, -0.15) is 0 Å². The van der Waals surface area contributed by atoms with Crippen molar-refractivity contribution < 1.29 is 4.74 Å². The van der Waals surface area contributed by atoms with Crippen LogP contribution in [0.5, 0.6) is 5.75 Å². The number of benzene rings is 1. The Labute approximate surface area is 84.3 Å². The molecule has 1 aromatic rings.